The average Bonchev–Trinajstić information content (AvgIpc) is 2.66. The molecule has 0 aromatic heterocycles. The molecule has 3 rings (SSSR count). The number of nitrogens with one attached hydrogen (secondary N) is 2. The van der Waals surface area contributed by atoms with Gasteiger partial charge in [0.15, 0.2) is 0 Å². The second kappa shape index (κ2) is 4.00. The minimum atomic E-state index is -0.0543. The van der Waals surface area contributed by atoms with E-state index in [0.29, 0.717) is 11.5 Å². The molecule has 1 aromatic rings. The zero-order valence-corrected chi connectivity index (χ0v) is 9.75. The summed E-state index contributed by atoms with van der Waals surface area (Å²) in [6.45, 7) is 6.02. The maximum Gasteiger partial charge on any atom is 0.255 e. The van der Waals surface area contributed by atoms with E-state index in [-0.39, 0.29) is 5.91 Å². The van der Waals surface area contributed by atoms with Gasteiger partial charge in [-0.2, -0.15) is 0 Å². The van der Waals surface area contributed by atoms with Crippen molar-refractivity contribution in [1.82, 2.24) is 5.32 Å². The summed E-state index contributed by atoms with van der Waals surface area (Å²) < 4.78 is 0. The van der Waals surface area contributed by atoms with Crippen molar-refractivity contribution in [2.75, 3.05) is 18.4 Å². The largest absolute Gasteiger partial charge is 0.321 e. The zero-order chi connectivity index (χ0) is 11.8. The van der Waals surface area contributed by atoms with Crippen molar-refractivity contribution in [3.63, 3.8) is 0 Å². The van der Waals surface area contributed by atoms with Crippen LogP contribution in [0.4, 0.5) is 5.69 Å². The molecule has 2 N–H and O–H groups in total. The van der Waals surface area contributed by atoms with Crippen molar-refractivity contribution < 1.29 is 4.79 Å². The van der Waals surface area contributed by atoms with Crippen molar-refractivity contribution in [2.45, 2.75) is 18.8 Å². The highest BCUT2D eigenvalue weighted by Crippen LogP contribution is 2.39. The number of hydrogen-bond acceptors (Lipinski definition) is 2. The lowest BCUT2D eigenvalue weighted by atomic mass is 9.85. The van der Waals surface area contributed by atoms with Gasteiger partial charge in [0, 0.05) is 16.8 Å². The van der Waals surface area contributed by atoms with Gasteiger partial charge >= 0.3 is 0 Å². The molecule has 0 saturated carbocycles. The molecular formula is C14H16N2O. The van der Waals surface area contributed by atoms with Gasteiger partial charge in [-0.25, -0.2) is 0 Å². The van der Waals surface area contributed by atoms with E-state index in [2.05, 4.69) is 23.3 Å². The van der Waals surface area contributed by atoms with Crippen LogP contribution in [0.1, 0.15) is 29.9 Å². The Hall–Kier alpha value is -1.61. The Balaban J connectivity index is 2.04. The van der Waals surface area contributed by atoms with Crippen LogP contribution in [0.3, 0.4) is 0 Å². The van der Waals surface area contributed by atoms with Crippen LogP contribution in [-0.4, -0.2) is 19.0 Å². The van der Waals surface area contributed by atoms with Gasteiger partial charge in [0.2, 0.25) is 0 Å². The summed E-state index contributed by atoms with van der Waals surface area (Å²) in [4.78, 5) is 11.6. The molecule has 3 nitrogen and oxygen atoms in total. The topological polar surface area (TPSA) is 41.1 Å². The molecule has 2 heterocycles. The van der Waals surface area contributed by atoms with Gasteiger partial charge in [0.25, 0.3) is 5.91 Å². The van der Waals surface area contributed by atoms with Crippen LogP contribution in [0.15, 0.2) is 24.8 Å². The molecule has 0 unspecified atom stereocenters. The third-order valence-corrected chi connectivity index (χ3v) is 3.70. The Morgan fingerprint density at radius 1 is 1.24 bits per heavy atom. The molecule has 88 valence electrons. The van der Waals surface area contributed by atoms with E-state index in [9.17, 15) is 4.79 Å². The first-order valence-corrected chi connectivity index (χ1v) is 6.11. The van der Waals surface area contributed by atoms with E-state index in [4.69, 9.17) is 0 Å². The van der Waals surface area contributed by atoms with Crippen LogP contribution in [0, 0.1) is 0 Å². The number of anilines is 1. The van der Waals surface area contributed by atoms with Crippen molar-refractivity contribution >= 4 is 17.2 Å². The predicted octanol–water partition coefficient (Wildman–Crippen LogP) is 2.12. The Morgan fingerprint density at radius 3 is 2.76 bits per heavy atom. The van der Waals surface area contributed by atoms with Crippen molar-refractivity contribution in [2.24, 2.45) is 0 Å². The van der Waals surface area contributed by atoms with Crippen LogP contribution in [-0.2, 0) is 4.79 Å². The fraction of sp³-hybridized carbons (Fsp3) is 0.357. The summed E-state index contributed by atoms with van der Waals surface area (Å²) >= 11 is 0. The van der Waals surface area contributed by atoms with Crippen molar-refractivity contribution in [3.8, 4) is 0 Å². The first-order chi connectivity index (χ1) is 8.27. The summed E-state index contributed by atoms with van der Waals surface area (Å²) in [5, 5.41) is 6.24. The minimum Gasteiger partial charge on any atom is -0.321 e. The van der Waals surface area contributed by atoms with Crippen LogP contribution in [0.25, 0.3) is 5.57 Å². The smallest absolute Gasteiger partial charge is 0.255 e. The summed E-state index contributed by atoms with van der Waals surface area (Å²) in [6, 6.07) is 6.12. The average molecular weight is 228 g/mol. The van der Waals surface area contributed by atoms with Crippen LogP contribution in [0.5, 0.6) is 0 Å². The maximum atomic E-state index is 11.6. The van der Waals surface area contributed by atoms with Gasteiger partial charge in [0.1, 0.15) is 0 Å². The van der Waals surface area contributed by atoms with Gasteiger partial charge in [-0.15, -0.1) is 0 Å². The van der Waals surface area contributed by atoms with E-state index in [1.54, 1.807) is 0 Å². The highest BCUT2D eigenvalue weighted by Gasteiger charge is 2.28. The summed E-state index contributed by atoms with van der Waals surface area (Å²) in [6.07, 6.45) is 2.27. The molecule has 0 spiro atoms. The number of carbonyl (C=O) groups is 1. The van der Waals surface area contributed by atoms with Crippen LogP contribution >= 0.6 is 0 Å². The molecule has 0 aliphatic carbocycles. The minimum absolute atomic E-state index is 0.0543. The maximum absolute atomic E-state index is 11.6. The SMILES string of the molecule is C=C1C(=O)Nc2cccc(C3CCNCC3)c21. The number of carbonyl (C=O) groups excluding carboxylic acids is 1. The highest BCUT2D eigenvalue weighted by atomic mass is 16.1. The van der Waals surface area contributed by atoms with E-state index >= 15 is 0 Å². The molecule has 1 saturated heterocycles. The van der Waals surface area contributed by atoms with Crippen LogP contribution in [0.2, 0.25) is 0 Å². The van der Waals surface area contributed by atoms with E-state index < -0.39 is 0 Å². The number of benzene rings is 1. The predicted molar refractivity (Wildman–Crippen MR) is 69.0 cm³/mol. The first-order valence-electron chi connectivity index (χ1n) is 6.11. The van der Waals surface area contributed by atoms with Gasteiger partial charge in [-0.05, 0) is 43.5 Å². The van der Waals surface area contributed by atoms with Gasteiger partial charge in [0.05, 0.1) is 0 Å². The first kappa shape index (κ1) is 10.5. The molecular weight excluding hydrogens is 212 g/mol. The molecule has 3 heteroatoms. The normalized spacial score (nSPS) is 20.2. The molecule has 1 amide bonds. The van der Waals surface area contributed by atoms with Gasteiger partial charge in [-0.3, -0.25) is 4.79 Å². The molecule has 0 radical (unpaired) electrons. The lowest BCUT2D eigenvalue weighted by Crippen LogP contribution is -2.27. The van der Waals surface area contributed by atoms with Crippen molar-refractivity contribution in [1.29, 1.82) is 0 Å². The fourth-order valence-corrected chi connectivity index (χ4v) is 2.80. The Morgan fingerprint density at radius 2 is 2.00 bits per heavy atom. The Labute approximate surface area is 101 Å². The van der Waals surface area contributed by atoms with Gasteiger partial charge < -0.3 is 10.6 Å². The molecule has 2 aliphatic heterocycles. The lowest BCUT2D eigenvalue weighted by Gasteiger charge is -2.24. The molecule has 0 atom stereocenters. The molecule has 1 aromatic carbocycles. The number of piperidine rings is 1. The highest BCUT2D eigenvalue weighted by molar-refractivity contribution is 6.31. The third-order valence-electron chi connectivity index (χ3n) is 3.70. The fourth-order valence-electron chi connectivity index (χ4n) is 2.80. The number of rotatable bonds is 1. The third kappa shape index (κ3) is 1.67. The second-order valence-corrected chi connectivity index (χ2v) is 4.73. The van der Waals surface area contributed by atoms with E-state index in [0.717, 1.165) is 37.2 Å². The van der Waals surface area contributed by atoms with Gasteiger partial charge in [-0.1, -0.05) is 18.7 Å². The molecule has 0 bridgehead atoms. The zero-order valence-electron chi connectivity index (χ0n) is 9.75. The summed E-state index contributed by atoms with van der Waals surface area (Å²) in [5.74, 6) is 0.497. The van der Waals surface area contributed by atoms with Crippen molar-refractivity contribution in [3.05, 3.63) is 35.9 Å². The Bertz CT molecular complexity index is 487. The quantitative estimate of drug-likeness (QED) is 0.723. The number of fused-ring (bicyclic) bond motifs is 1. The number of hydrogen-bond donors (Lipinski definition) is 2. The van der Waals surface area contributed by atoms with E-state index in [1.165, 1.54) is 5.56 Å². The monoisotopic (exact) mass is 228 g/mol. The van der Waals surface area contributed by atoms with Crippen LogP contribution < -0.4 is 10.6 Å². The molecule has 17 heavy (non-hydrogen) atoms. The van der Waals surface area contributed by atoms with E-state index in [1.807, 2.05) is 12.1 Å². The number of amides is 1. The molecule has 1 fully saturated rings. The lowest BCUT2D eigenvalue weighted by molar-refractivity contribution is -0.110. The second-order valence-electron chi connectivity index (χ2n) is 4.73. The molecule has 2 aliphatic rings. The summed E-state index contributed by atoms with van der Waals surface area (Å²) in [5.41, 5.74) is 3.88. The standard InChI is InChI=1S/C14H16N2O/c1-9-13-11(10-5-7-15-8-6-10)3-2-4-12(13)16-14(9)17/h2-4,10,15H,1,5-8H2,(H,16,17). The summed E-state index contributed by atoms with van der Waals surface area (Å²) in [7, 11) is 0. The Kier molecular flexibility index (Phi) is 2.48.